The van der Waals surface area contributed by atoms with Crippen molar-refractivity contribution in [2.45, 2.75) is 26.9 Å². The van der Waals surface area contributed by atoms with Gasteiger partial charge in [-0.2, -0.15) is 0 Å². The summed E-state index contributed by atoms with van der Waals surface area (Å²) in [5.74, 6) is 1.69. The molecule has 0 aliphatic carbocycles. The molecule has 2 heterocycles. The average Bonchev–Trinajstić information content (AvgIpc) is 2.94. The van der Waals surface area contributed by atoms with E-state index in [0.29, 0.717) is 30.2 Å². The van der Waals surface area contributed by atoms with Crippen molar-refractivity contribution in [3.8, 4) is 0 Å². The molecule has 0 spiro atoms. The summed E-state index contributed by atoms with van der Waals surface area (Å²) in [6.07, 6.45) is 0. The van der Waals surface area contributed by atoms with Crippen LogP contribution in [-0.4, -0.2) is 30.2 Å². The van der Waals surface area contributed by atoms with E-state index < -0.39 is 0 Å². The van der Waals surface area contributed by atoms with Crippen LogP contribution < -0.4 is 0 Å². The number of hydrogen-bond acceptors (Lipinski definition) is 6. The molecule has 0 N–H and O–H groups in total. The van der Waals surface area contributed by atoms with Crippen molar-refractivity contribution in [2.75, 3.05) is 14.2 Å². The molecule has 6 heteroatoms. The summed E-state index contributed by atoms with van der Waals surface area (Å²) in [5, 5.41) is 3.84. The van der Waals surface area contributed by atoms with Crippen molar-refractivity contribution >= 4 is 5.97 Å². The summed E-state index contributed by atoms with van der Waals surface area (Å²) >= 11 is 0. The zero-order valence-electron chi connectivity index (χ0n) is 12.1. The second-order valence-electron chi connectivity index (χ2n) is 4.78. The van der Waals surface area contributed by atoms with Gasteiger partial charge in [-0.1, -0.05) is 5.16 Å². The molecule has 0 unspecified atom stereocenters. The van der Waals surface area contributed by atoms with Crippen molar-refractivity contribution in [1.82, 2.24) is 10.1 Å². The van der Waals surface area contributed by atoms with Gasteiger partial charge in [0.1, 0.15) is 17.1 Å². The number of nitrogens with zero attached hydrogens (tertiary/aromatic N) is 2. The molecule has 0 amide bonds. The number of methoxy groups -OCH3 is 1. The van der Waals surface area contributed by atoms with Crippen LogP contribution in [0.2, 0.25) is 0 Å². The lowest BCUT2D eigenvalue weighted by atomic mass is 10.2. The Labute approximate surface area is 117 Å². The maximum Gasteiger partial charge on any atom is 0.341 e. The van der Waals surface area contributed by atoms with Gasteiger partial charge in [-0.25, -0.2) is 4.79 Å². The first-order valence-corrected chi connectivity index (χ1v) is 6.28. The molecule has 0 bridgehead atoms. The Balaban J connectivity index is 2.01. The topological polar surface area (TPSA) is 68.7 Å². The molecule has 0 saturated heterocycles. The fourth-order valence-electron chi connectivity index (χ4n) is 2.01. The molecule has 108 valence electrons. The highest BCUT2D eigenvalue weighted by Gasteiger charge is 2.16. The number of furan rings is 1. The summed E-state index contributed by atoms with van der Waals surface area (Å²) in [5.41, 5.74) is 1.32. The van der Waals surface area contributed by atoms with Crippen LogP contribution in [0.3, 0.4) is 0 Å². The van der Waals surface area contributed by atoms with E-state index in [4.69, 9.17) is 13.7 Å². The maximum absolute atomic E-state index is 11.5. The largest absolute Gasteiger partial charge is 0.465 e. The van der Waals surface area contributed by atoms with Crippen molar-refractivity contribution < 1.29 is 18.5 Å². The molecule has 0 atom stereocenters. The van der Waals surface area contributed by atoms with Gasteiger partial charge < -0.3 is 13.7 Å². The van der Waals surface area contributed by atoms with Crippen molar-refractivity contribution in [3.63, 3.8) is 0 Å². The van der Waals surface area contributed by atoms with Gasteiger partial charge in [0.05, 0.1) is 25.9 Å². The monoisotopic (exact) mass is 278 g/mol. The van der Waals surface area contributed by atoms with E-state index in [2.05, 4.69) is 5.16 Å². The van der Waals surface area contributed by atoms with Gasteiger partial charge in [-0.05, 0) is 27.0 Å². The lowest BCUT2D eigenvalue weighted by molar-refractivity contribution is 0.0599. The second-order valence-corrected chi connectivity index (χ2v) is 4.78. The molecule has 0 saturated carbocycles. The molecular formula is C14H18N2O4. The summed E-state index contributed by atoms with van der Waals surface area (Å²) in [6.45, 7) is 4.81. The number of ether oxygens (including phenoxy) is 1. The molecule has 0 aliphatic rings. The minimum absolute atomic E-state index is 0.383. The van der Waals surface area contributed by atoms with Crippen LogP contribution in [0, 0.1) is 13.8 Å². The zero-order valence-corrected chi connectivity index (χ0v) is 12.1. The van der Waals surface area contributed by atoms with Gasteiger partial charge in [0.25, 0.3) is 0 Å². The minimum Gasteiger partial charge on any atom is -0.465 e. The first kappa shape index (κ1) is 14.3. The van der Waals surface area contributed by atoms with Crippen molar-refractivity contribution in [2.24, 2.45) is 0 Å². The van der Waals surface area contributed by atoms with Crippen molar-refractivity contribution in [3.05, 3.63) is 40.7 Å². The van der Waals surface area contributed by atoms with Gasteiger partial charge in [-0.15, -0.1) is 0 Å². The van der Waals surface area contributed by atoms with E-state index in [1.165, 1.54) is 7.11 Å². The number of carbonyl (C=O) groups excluding carboxylic acids is 1. The fourth-order valence-corrected chi connectivity index (χ4v) is 2.01. The van der Waals surface area contributed by atoms with E-state index in [1.807, 2.05) is 24.9 Å². The lowest BCUT2D eigenvalue weighted by Gasteiger charge is -2.12. The summed E-state index contributed by atoms with van der Waals surface area (Å²) < 4.78 is 15.4. The normalized spacial score (nSPS) is 11.1. The molecule has 6 nitrogen and oxygen atoms in total. The minimum atomic E-state index is -0.383. The first-order valence-electron chi connectivity index (χ1n) is 6.28. The highest BCUT2D eigenvalue weighted by atomic mass is 16.5. The highest BCUT2D eigenvalue weighted by molar-refractivity contribution is 5.90. The van der Waals surface area contributed by atoms with Crippen LogP contribution in [0.25, 0.3) is 0 Å². The van der Waals surface area contributed by atoms with E-state index >= 15 is 0 Å². The lowest BCUT2D eigenvalue weighted by Crippen LogP contribution is -2.16. The molecule has 0 aliphatic heterocycles. The number of aryl methyl sites for hydroxylation is 2. The summed E-state index contributed by atoms with van der Waals surface area (Å²) in [7, 11) is 3.29. The van der Waals surface area contributed by atoms with Gasteiger partial charge in [-0.3, -0.25) is 4.90 Å². The SMILES string of the molecule is COC(=O)c1cc(CN(C)Cc2cc(C)no2)oc1C. The van der Waals surface area contributed by atoms with E-state index in [9.17, 15) is 4.79 Å². The maximum atomic E-state index is 11.5. The van der Waals surface area contributed by atoms with Gasteiger partial charge in [0, 0.05) is 6.07 Å². The third-order valence-corrected chi connectivity index (χ3v) is 2.90. The standard InChI is InChI=1S/C14H18N2O4/c1-9-5-12(20-15-9)8-16(3)7-11-6-13(10(2)19-11)14(17)18-4/h5-6H,7-8H2,1-4H3. The summed E-state index contributed by atoms with van der Waals surface area (Å²) in [4.78, 5) is 13.5. The molecule has 0 radical (unpaired) electrons. The Morgan fingerprint density at radius 3 is 2.60 bits per heavy atom. The third-order valence-electron chi connectivity index (χ3n) is 2.90. The number of aromatic nitrogens is 1. The van der Waals surface area contributed by atoms with Crippen LogP contribution in [0.1, 0.15) is 33.3 Å². The van der Waals surface area contributed by atoms with Crippen LogP contribution in [0.4, 0.5) is 0 Å². The molecule has 0 fully saturated rings. The Morgan fingerprint density at radius 2 is 2.00 bits per heavy atom. The van der Waals surface area contributed by atoms with Crippen LogP contribution in [0.15, 0.2) is 21.1 Å². The van der Waals surface area contributed by atoms with Crippen LogP contribution in [-0.2, 0) is 17.8 Å². The number of rotatable bonds is 5. The predicted molar refractivity (Wildman–Crippen MR) is 71.2 cm³/mol. The van der Waals surface area contributed by atoms with Gasteiger partial charge in [0.2, 0.25) is 0 Å². The number of hydrogen-bond donors (Lipinski definition) is 0. The van der Waals surface area contributed by atoms with E-state index in [0.717, 1.165) is 11.5 Å². The molecule has 20 heavy (non-hydrogen) atoms. The summed E-state index contributed by atoms with van der Waals surface area (Å²) in [6, 6.07) is 3.60. The zero-order chi connectivity index (χ0) is 14.7. The number of esters is 1. The van der Waals surface area contributed by atoms with Crippen molar-refractivity contribution in [1.29, 1.82) is 0 Å². The molecular weight excluding hydrogens is 260 g/mol. The van der Waals surface area contributed by atoms with Crippen LogP contribution in [0.5, 0.6) is 0 Å². The Hall–Kier alpha value is -2.08. The average molecular weight is 278 g/mol. The highest BCUT2D eigenvalue weighted by Crippen LogP contribution is 2.17. The Bertz CT molecular complexity index is 600. The smallest absolute Gasteiger partial charge is 0.341 e. The number of carbonyl (C=O) groups is 1. The first-order chi connectivity index (χ1) is 9.49. The Morgan fingerprint density at radius 1 is 1.30 bits per heavy atom. The second kappa shape index (κ2) is 5.92. The molecule has 2 rings (SSSR count). The fraction of sp³-hybridized carbons (Fsp3) is 0.429. The molecule has 0 aromatic carbocycles. The quantitative estimate of drug-likeness (QED) is 0.782. The van der Waals surface area contributed by atoms with Gasteiger partial charge >= 0.3 is 5.97 Å². The van der Waals surface area contributed by atoms with Crippen LogP contribution >= 0.6 is 0 Å². The Kier molecular flexibility index (Phi) is 4.24. The molecule has 2 aromatic heterocycles. The third kappa shape index (κ3) is 3.27. The van der Waals surface area contributed by atoms with E-state index in [1.54, 1.807) is 13.0 Å². The van der Waals surface area contributed by atoms with E-state index in [-0.39, 0.29) is 5.97 Å². The predicted octanol–water partition coefficient (Wildman–Crippen LogP) is 2.30. The molecule has 2 aromatic rings. The van der Waals surface area contributed by atoms with Gasteiger partial charge in [0.15, 0.2) is 5.76 Å².